The zero-order valence-electron chi connectivity index (χ0n) is 11.5. The number of alkyl halides is 1. The Hall–Kier alpha value is -1.35. The Morgan fingerprint density at radius 1 is 1.26 bits per heavy atom. The molecule has 1 aromatic heterocycles. The van der Waals surface area contributed by atoms with Gasteiger partial charge in [0.05, 0.1) is 0 Å². The molecule has 1 atom stereocenters. The maximum absolute atomic E-state index is 13.1. The standard InChI is InChI=1S/C16H21FN2/c1-13-11-19(16-6-3-2-5-15(13)16)9-4-8-18-10-7-14(17)12-18/h2-3,5-6,11,14H,4,7-10,12H2,1H3. The van der Waals surface area contributed by atoms with E-state index >= 15 is 0 Å². The van der Waals surface area contributed by atoms with E-state index < -0.39 is 6.17 Å². The molecule has 1 saturated heterocycles. The van der Waals surface area contributed by atoms with Crippen LogP contribution in [0.2, 0.25) is 0 Å². The fourth-order valence-electron chi connectivity index (χ4n) is 3.07. The lowest BCUT2D eigenvalue weighted by Crippen LogP contribution is -2.23. The van der Waals surface area contributed by atoms with E-state index in [1.165, 1.54) is 16.5 Å². The second-order valence-corrected chi connectivity index (χ2v) is 5.56. The lowest BCUT2D eigenvalue weighted by atomic mass is 10.2. The first-order valence-electron chi connectivity index (χ1n) is 7.15. The Morgan fingerprint density at radius 3 is 2.89 bits per heavy atom. The van der Waals surface area contributed by atoms with Gasteiger partial charge in [0, 0.05) is 36.7 Å². The summed E-state index contributed by atoms with van der Waals surface area (Å²) in [6.07, 6.45) is 3.43. The zero-order chi connectivity index (χ0) is 13.2. The summed E-state index contributed by atoms with van der Waals surface area (Å²) in [4.78, 5) is 2.24. The Morgan fingerprint density at radius 2 is 2.11 bits per heavy atom. The van der Waals surface area contributed by atoms with Crippen LogP contribution in [0.25, 0.3) is 10.9 Å². The maximum Gasteiger partial charge on any atom is 0.114 e. The van der Waals surface area contributed by atoms with Gasteiger partial charge < -0.3 is 9.47 Å². The molecule has 0 saturated carbocycles. The minimum atomic E-state index is -0.602. The highest BCUT2D eigenvalue weighted by atomic mass is 19.1. The number of rotatable bonds is 4. The number of fused-ring (bicyclic) bond motifs is 1. The minimum Gasteiger partial charge on any atom is -0.347 e. The summed E-state index contributed by atoms with van der Waals surface area (Å²) in [5.74, 6) is 0. The normalized spacial score (nSPS) is 20.4. The average Bonchev–Trinajstić information content (AvgIpc) is 2.96. The second kappa shape index (κ2) is 5.33. The van der Waals surface area contributed by atoms with E-state index in [-0.39, 0.29) is 0 Å². The van der Waals surface area contributed by atoms with Crippen LogP contribution in [-0.2, 0) is 6.54 Å². The number of aryl methyl sites for hydroxylation is 2. The van der Waals surface area contributed by atoms with Gasteiger partial charge in [0.25, 0.3) is 0 Å². The number of aromatic nitrogens is 1. The molecule has 3 rings (SSSR count). The van der Waals surface area contributed by atoms with Gasteiger partial charge in [0.2, 0.25) is 0 Å². The van der Waals surface area contributed by atoms with Crippen molar-refractivity contribution in [3.8, 4) is 0 Å². The summed E-state index contributed by atoms with van der Waals surface area (Å²) in [5, 5.41) is 1.34. The molecule has 0 bridgehead atoms. The SMILES string of the molecule is Cc1cn(CCCN2CCC(F)C2)c2ccccc12. The summed E-state index contributed by atoms with van der Waals surface area (Å²) < 4.78 is 15.4. The van der Waals surface area contributed by atoms with Crippen molar-refractivity contribution < 1.29 is 4.39 Å². The van der Waals surface area contributed by atoms with Crippen molar-refractivity contribution in [1.82, 2.24) is 9.47 Å². The predicted octanol–water partition coefficient (Wildman–Crippen LogP) is 3.38. The molecular weight excluding hydrogens is 239 g/mol. The quantitative estimate of drug-likeness (QED) is 0.818. The summed E-state index contributed by atoms with van der Waals surface area (Å²) in [6.45, 7) is 5.73. The fourth-order valence-corrected chi connectivity index (χ4v) is 3.07. The molecule has 1 aromatic carbocycles. The van der Waals surface area contributed by atoms with Crippen LogP contribution in [-0.4, -0.2) is 35.3 Å². The van der Waals surface area contributed by atoms with Crippen LogP contribution in [0, 0.1) is 6.92 Å². The lowest BCUT2D eigenvalue weighted by molar-refractivity contribution is 0.282. The van der Waals surface area contributed by atoms with Crippen molar-refractivity contribution in [3.63, 3.8) is 0 Å². The van der Waals surface area contributed by atoms with Crippen LogP contribution >= 0.6 is 0 Å². The molecule has 0 spiro atoms. The van der Waals surface area contributed by atoms with E-state index in [0.29, 0.717) is 13.0 Å². The monoisotopic (exact) mass is 260 g/mol. The van der Waals surface area contributed by atoms with E-state index in [1.807, 2.05) is 0 Å². The van der Waals surface area contributed by atoms with Crippen LogP contribution in [0.4, 0.5) is 4.39 Å². The minimum absolute atomic E-state index is 0.602. The number of benzene rings is 1. The van der Waals surface area contributed by atoms with Gasteiger partial charge in [-0.05, 0) is 37.9 Å². The highest BCUT2D eigenvalue weighted by Gasteiger charge is 2.20. The third kappa shape index (κ3) is 2.66. The van der Waals surface area contributed by atoms with Gasteiger partial charge >= 0.3 is 0 Å². The summed E-state index contributed by atoms with van der Waals surface area (Å²) >= 11 is 0. The summed E-state index contributed by atoms with van der Waals surface area (Å²) in [7, 11) is 0. The largest absolute Gasteiger partial charge is 0.347 e. The number of nitrogens with zero attached hydrogens (tertiary/aromatic N) is 2. The number of likely N-dealkylation sites (tertiary alicyclic amines) is 1. The summed E-state index contributed by atoms with van der Waals surface area (Å²) in [6, 6.07) is 8.53. The molecule has 2 aromatic rings. The fraction of sp³-hybridized carbons (Fsp3) is 0.500. The third-order valence-electron chi connectivity index (χ3n) is 4.08. The smallest absolute Gasteiger partial charge is 0.114 e. The van der Waals surface area contributed by atoms with Gasteiger partial charge in [-0.15, -0.1) is 0 Å². The molecule has 0 N–H and O–H groups in total. The predicted molar refractivity (Wildman–Crippen MR) is 77.2 cm³/mol. The average molecular weight is 260 g/mol. The van der Waals surface area contributed by atoms with Crippen LogP contribution in [0.3, 0.4) is 0 Å². The molecule has 3 heteroatoms. The van der Waals surface area contributed by atoms with Crippen LogP contribution in [0.15, 0.2) is 30.5 Å². The first-order chi connectivity index (χ1) is 9.24. The van der Waals surface area contributed by atoms with E-state index in [9.17, 15) is 4.39 Å². The molecular formula is C16H21FN2. The maximum atomic E-state index is 13.1. The van der Waals surface area contributed by atoms with Crippen molar-refractivity contribution in [2.75, 3.05) is 19.6 Å². The molecule has 0 aliphatic carbocycles. The molecule has 102 valence electrons. The highest BCUT2D eigenvalue weighted by Crippen LogP contribution is 2.21. The molecule has 0 radical (unpaired) electrons. The Kier molecular flexibility index (Phi) is 3.56. The number of hydrogen-bond acceptors (Lipinski definition) is 1. The van der Waals surface area contributed by atoms with Crippen molar-refractivity contribution >= 4 is 10.9 Å². The Bertz CT molecular complexity index is 561. The van der Waals surface area contributed by atoms with E-state index in [2.05, 4.69) is 46.9 Å². The van der Waals surface area contributed by atoms with Crippen molar-refractivity contribution in [2.24, 2.45) is 0 Å². The van der Waals surface area contributed by atoms with Crippen molar-refractivity contribution in [3.05, 3.63) is 36.0 Å². The van der Waals surface area contributed by atoms with Crippen LogP contribution in [0.1, 0.15) is 18.4 Å². The van der Waals surface area contributed by atoms with E-state index in [0.717, 1.165) is 26.1 Å². The molecule has 1 aliphatic rings. The molecule has 2 heterocycles. The molecule has 2 nitrogen and oxygen atoms in total. The molecule has 0 amide bonds. The summed E-state index contributed by atoms with van der Waals surface area (Å²) in [5.41, 5.74) is 2.64. The number of para-hydroxylation sites is 1. The van der Waals surface area contributed by atoms with Crippen LogP contribution in [0.5, 0.6) is 0 Å². The topological polar surface area (TPSA) is 8.17 Å². The van der Waals surface area contributed by atoms with Gasteiger partial charge in [-0.25, -0.2) is 4.39 Å². The Balaban J connectivity index is 1.62. The van der Waals surface area contributed by atoms with Crippen molar-refractivity contribution in [2.45, 2.75) is 32.5 Å². The molecule has 1 aliphatic heterocycles. The van der Waals surface area contributed by atoms with Gasteiger partial charge in [-0.3, -0.25) is 0 Å². The molecule has 19 heavy (non-hydrogen) atoms. The molecule has 1 unspecified atom stereocenters. The van der Waals surface area contributed by atoms with Gasteiger partial charge in [0.15, 0.2) is 0 Å². The lowest BCUT2D eigenvalue weighted by Gasteiger charge is -2.14. The van der Waals surface area contributed by atoms with Crippen LogP contribution < -0.4 is 0 Å². The van der Waals surface area contributed by atoms with E-state index in [1.54, 1.807) is 0 Å². The molecule has 1 fully saturated rings. The third-order valence-corrected chi connectivity index (χ3v) is 4.08. The van der Waals surface area contributed by atoms with Gasteiger partial charge in [-0.2, -0.15) is 0 Å². The van der Waals surface area contributed by atoms with Gasteiger partial charge in [0.1, 0.15) is 6.17 Å². The first-order valence-corrected chi connectivity index (χ1v) is 7.15. The zero-order valence-corrected chi connectivity index (χ0v) is 11.5. The second-order valence-electron chi connectivity index (χ2n) is 5.56. The number of halogens is 1. The number of hydrogen-bond donors (Lipinski definition) is 0. The highest BCUT2D eigenvalue weighted by molar-refractivity contribution is 5.83. The van der Waals surface area contributed by atoms with Gasteiger partial charge in [-0.1, -0.05) is 18.2 Å². The first kappa shape index (κ1) is 12.7. The van der Waals surface area contributed by atoms with E-state index in [4.69, 9.17) is 0 Å². The van der Waals surface area contributed by atoms with Crippen molar-refractivity contribution in [1.29, 1.82) is 0 Å². The Labute approximate surface area is 113 Å².